The molecular weight excluding hydrogens is 392 g/mol. The van der Waals surface area contributed by atoms with Crippen LogP contribution in [0.2, 0.25) is 0 Å². The maximum atomic E-state index is 12.7. The first-order valence-corrected chi connectivity index (χ1v) is 11.1. The number of hydrogen-bond acceptors (Lipinski definition) is 5. The molecule has 0 bridgehead atoms. The highest BCUT2D eigenvalue weighted by Crippen LogP contribution is 2.17. The first-order valence-electron chi connectivity index (χ1n) is 11.1. The van der Waals surface area contributed by atoms with Crippen molar-refractivity contribution in [1.29, 1.82) is 0 Å². The Morgan fingerprint density at radius 1 is 0.742 bits per heavy atom. The molecule has 0 unspecified atom stereocenters. The van der Waals surface area contributed by atoms with Crippen LogP contribution in [-0.2, 0) is 9.53 Å². The van der Waals surface area contributed by atoms with Crippen molar-refractivity contribution in [3.05, 3.63) is 65.2 Å². The van der Waals surface area contributed by atoms with E-state index in [1.165, 1.54) is 57.1 Å². The Hall–Kier alpha value is -2.95. The largest absolute Gasteiger partial charge is 0.494 e. The molecule has 0 aliphatic carbocycles. The highest BCUT2D eigenvalue weighted by molar-refractivity contribution is 6.10. The van der Waals surface area contributed by atoms with Crippen LogP contribution >= 0.6 is 0 Å². The molecule has 0 spiro atoms. The second-order valence-electron chi connectivity index (χ2n) is 7.64. The Kier molecular flexibility index (Phi) is 10.5. The molecule has 0 N–H and O–H groups in total. The van der Waals surface area contributed by atoms with Crippen molar-refractivity contribution < 1.29 is 23.9 Å². The Labute approximate surface area is 184 Å². The van der Waals surface area contributed by atoms with Crippen molar-refractivity contribution in [2.75, 3.05) is 6.61 Å². The van der Waals surface area contributed by atoms with Gasteiger partial charge in [-0.2, -0.15) is 0 Å². The van der Waals surface area contributed by atoms with Gasteiger partial charge in [-0.25, -0.2) is 4.79 Å². The zero-order valence-electron chi connectivity index (χ0n) is 18.5. The second-order valence-corrected chi connectivity index (χ2v) is 7.64. The molecule has 0 aromatic heterocycles. The monoisotopic (exact) mass is 424 g/mol. The Morgan fingerprint density at radius 3 is 2.00 bits per heavy atom. The molecule has 2 aromatic carbocycles. The molecular formula is C26H32O5. The predicted octanol–water partition coefficient (Wildman–Crippen LogP) is 6.14. The van der Waals surface area contributed by atoms with Gasteiger partial charge in [0, 0.05) is 18.1 Å². The lowest BCUT2D eigenvalue weighted by molar-refractivity contribution is -0.135. The van der Waals surface area contributed by atoms with Crippen molar-refractivity contribution in [3.8, 4) is 5.75 Å². The minimum absolute atomic E-state index is 0.159. The maximum Gasteiger partial charge on any atom is 0.345 e. The van der Waals surface area contributed by atoms with E-state index < -0.39 is 11.9 Å². The van der Waals surface area contributed by atoms with Crippen molar-refractivity contribution in [2.24, 2.45) is 0 Å². The van der Waals surface area contributed by atoms with Gasteiger partial charge < -0.3 is 9.47 Å². The van der Waals surface area contributed by atoms with Crippen LogP contribution in [0.3, 0.4) is 0 Å². The summed E-state index contributed by atoms with van der Waals surface area (Å²) in [6, 6.07) is 13.1. The highest BCUT2D eigenvalue weighted by Gasteiger charge is 2.14. The average Bonchev–Trinajstić information content (AvgIpc) is 2.77. The van der Waals surface area contributed by atoms with Crippen LogP contribution in [0, 0.1) is 0 Å². The fourth-order valence-electron chi connectivity index (χ4n) is 3.27. The normalized spacial score (nSPS) is 10.5. The third-order valence-electron chi connectivity index (χ3n) is 4.98. The van der Waals surface area contributed by atoms with Crippen molar-refractivity contribution >= 4 is 17.7 Å². The molecule has 0 atom stereocenters. The summed E-state index contributed by atoms with van der Waals surface area (Å²) in [5.41, 5.74) is 1.01. The number of carbonyl (C=O) groups is 3. The van der Waals surface area contributed by atoms with Crippen LogP contribution < -0.4 is 4.74 Å². The van der Waals surface area contributed by atoms with Crippen molar-refractivity contribution in [1.82, 2.24) is 0 Å². The van der Waals surface area contributed by atoms with Crippen molar-refractivity contribution in [2.45, 2.75) is 65.2 Å². The number of hydrogen-bond donors (Lipinski definition) is 0. The number of rotatable bonds is 13. The SMILES string of the molecule is CCCCCCCCCCOc1ccc(C(=O)c2cccc(C(=O)OC(C)=O)c2)cc1. The van der Waals surface area contributed by atoms with Gasteiger partial charge in [0.2, 0.25) is 0 Å². The van der Waals surface area contributed by atoms with Gasteiger partial charge in [-0.1, -0.05) is 64.0 Å². The Bertz CT molecular complexity index is 854. The van der Waals surface area contributed by atoms with Crippen LogP contribution in [0.15, 0.2) is 48.5 Å². The van der Waals surface area contributed by atoms with E-state index in [-0.39, 0.29) is 11.3 Å². The molecule has 0 aliphatic rings. The van der Waals surface area contributed by atoms with E-state index in [9.17, 15) is 14.4 Å². The third kappa shape index (κ3) is 8.75. The molecule has 0 saturated heterocycles. The quantitative estimate of drug-likeness (QED) is 0.167. The van der Waals surface area contributed by atoms with E-state index in [1.807, 2.05) is 0 Å². The summed E-state index contributed by atoms with van der Waals surface area (Å²) in [5, 5.41) is 0. The number of ketones is 1. The summed E-state index contributed by atoms with van der Waals surface area (Å²) in [6.45, 7) is 4.06. The van der Waals surface area contributed by atoms with Crippen LogP contribution in [0.4, 0.5) is 0 Å². The molecule has 5 heteroatoms. The average molecular weight is 425 g/mol. The smallest absolute Gasteiger partial charge is 0.345 e. The summed E-state index contributed by atoms with van der Waals surface area (Å²) in [4.78, 5) is 35.5. The van der Waals surface area contributed by atoms with E-state index in [0.29, 0.717) is 17.7 Å². The number of benzene rings is 2. The second kappa shape index (κ2) is 13.4. The molecule has 0 aliphatic heterocycles. The first kappa shape index (κ1) is 24.3. The molecule has 0 amide bonds. The van der Waals surface area contributed by atoms with Crippen LogP contribution in [0.25, 0.3) is 0 Å². The third-order valence-corrected chi connectivity index (χ3v) is 4.98. The molecule has 0 fully saturated rings. The van der Waals surface area contributed by atoms with Gasteiger partial charge in [0.1, 0.15) is 5.75 Å². The number of ether oxygens (including phenoxy) is 2. The van der Waals surface area contributed by atoms with Gasteiger partial charge in [-0.05, 0) is 42.8 Å². The Morgan fingerprint density at radius 2 is 1.35 bits per heavy atom. The minimum atomic E-state index is -0.771. The molecule has 31 heavy (non-hydrogen) atoms. The van der Waals surface area contributed by atoms with Gasteiger partial charge >= 0.3 is 11.9 Å². The van der Waals surface area contributed by atoms with E-state index in [2.05, 4.69) is 11.7 Å². The Balaban J connectivity index is 1.80. The van der Waals surface area contributed by atoms with E-state index >= 15 is 0 Å². The van der Waals surface area contributed by atoms with Gasteiger partial charge in [0.15, 0.2) is 5.78 Å². The van der Waals surface area contributed by atoms with Crippen LogP contribution in [0.5, 0.6) is 5.75 Å². The molecule has 5 nitrogen and oxygen atoms in total. The zero-order valence-corrected chi connectivity index (χ0v) is 18.5. The van der Waals surface area contributed by atoms with Gasteiger partial charge in [-0.15, -0.1) is 0 Å². The number of unbranched alkanes of at least 4 members (excludes halogenated alkanes) is 7. The molecule has 0 heterocycles. The molecule has 2 rings (SSSR count). The fraction of sp³-hybridized carbons (Fsp3) is 0.423. The molecule has 2 aromatic rings. The summed E-state index contributed by atoms with van der Waals surface area (Å²) in [5.74, 6) is -0.943. The topological polar surface area (TPSA) is 69.7 Å². The molecule has 0 radical (unpaired) electrons. The molecule has 0 saturated carbocycles. The standard InChI is InChI=1S/C26H32O5/c1-3-4-5-6-7-8-9-10-18-30-24-16-14-21(15-17-24)25(28)22-12-11-13-23(19-22)26(29)31-20(2)27/h11-17,19H,3-10,18H2,1-2H3. The maximum absolute atomic E-state index is 12.7. The van der Waals surface area contributed by atoms with E-state index in [4.69, 9.17) is 4.74 Å². The zero-order chi connectivity index (χ0) is 22.5. The van der Waals surface area contributed by atoms with Gasteiger partial charge in [-0.3, -0.25) is 9.59 Å². The van der Waals surface area contributed by atoms with Crippen LogP contribution in [0.1, 0.15) is 91.5 Å². The molecule has 166 valence electrons. The van der Waals surface area contributed by atoms with Crippen LogP contribution in [-0.4, -0.2) is 24.3 Å². The van der Waals surface area contributed by atoms with E-state index in [1.54, 1.807) is 36.4 Å². The fourth-order valence-corrected chi connectivity index (χ4v) is 3.27. The minimum Gasteiger partial charge on any atom is -0.494 e. The predicted molar refractivity (Wildman–Crippen MR) is 121 cm³/mol. The summed E-state index contributed by atoms with van der Waals surface area (Å²) in [7, 11) is 0. The first-order chi connectivity index (χ1) is 15.0. The number of carbonyl (C=O) groups excluding carboxylic acids is 3. The van der Waals surface area contributed by atoms with Crippen molar-refractivity contribution in [3.63, 3.8) is 0 Å². The van der Waals surface area contributed by atoms with Gasteiger partial charge in [0.05, 0.1) is 12.2 Å². The van der Waals surface area contributed by atoms with Gasteiger partial charge in [0.25, 0.3) is 0 Å². The lowest BCUT2D eigenvalue weighted by atomic mass is 10.0. The number of esters is 2. The van der Waals surface area contributed by atoms with E-state index in [0.717, 1.165) is 19.1 Å². The summed E-state index contributed by atoms with van der Waals surface area (Å²) < 4.78 is 10.3. The summed E-state index contributed by atoms with van der Waals surface area (Å²) >= 11 is 0. The lowest BCUT2D eigenvalue weighted by Crippen LogP contribution is -2.10. The lowest BCUT2D eigenvalue weighted by Gasteiger charge is -2.08. The highest BCUT2D eigenvalue weighted by atomic mass is 16.6. The summed E-state index contributed by atoms with van der Waals surface area (Å²) in [6.07, 6.45) is 10.0.